The lowest BCUT2D eigenvalue weighted by molar-refractivity contribution is 0.488. The summed E-state index contributed by atoms with van der Waals surface area (Å²) in [6.45, 7) is 4.90. The van der Waals surface area contributed by atoms with E-state index in [1.165, 1.54) is 17.2 Å². The van der Waals surface area contributed by atoms with E-state index in [4.69, 9.17) is 0 Å². The minimum absolute atomic E-state index is 0.0579. The van der Waals surface area contributed by atoms with Crippen LogP contribution in [0.1, 0.15) is 36.1 Å². The molecule has 1 unspecified atom stereocenters. The minimum atomic E-state index is -0.134. The van der Waals surface area contributed by atoms with Crippen molar-refractivity contribution in [2.75, 3.05) is 0 Å². The summed E-state index contributed by atoms with van der Waals surface area (Å²) < 4.78 is 13.8. The van der Waals surface area contributed by atoms with Crippen molar-refractivity contribution in [2.45, 2.75) is 32.9 Å². The molecular formula is C17H20FN. The van der Waals surface area contributed by atoms with Gasteiger partial charge in [-0.3, -0.25) is 0 Å². The zero-order chi connectivity index (χ0) is 13.7. The van der Waals surface area contributed by atoms with Gasteiger partial charge in [-0.1, -0.05) is 55.0 Å². The number of aryl methyl sites for hydroxylation is 1. The normalized spacial score (nSPS) is 12.4. The smallest absolute Gasteiger partial charge is 0.127 e. The summed E-state index contributed by atoms with van der Waals surface area (Å²) in [4.78, 5) is 0. The Kier molecular flexibility index (Phi) is 4.69. The Morgan fingerprint density at radius 3 is 2.37 bits per heavy atom. The Labute approximate surface area is 114 Å². The third kappa shape index (κ3) is 3.65. The Hall–Kier alpha value is -1.67. The lowest BCUT2D eigenvalue weighted by Crippen LogP contribution is -2.21. The number of hydrogen-bond donors (Lipinski definition) is 1. The third-order valence-electron chi connectivity index (χ3n) is 3.36. The Bertz CT molecular complexity index is 519. The van der Waals surface area contributed by atoms with E-state index in [9.17, 15) is 4.39 Å². The molecule has 0 saturated carbocycles. The van der Waals surface area contributed by atoms with E-state index in [1.54, 1.807) is 6.07 Å². The van der Waals surface area contributed by atoms with E-state index in [2.05, 4.69) is 43.4 Å². The quantitative estimate of drug-likeness (QED) is 0.838. The van der Waals surface area contributed by atoms with Gasteiger partial charge in [-0.25, -0.2) is 4.39 Å². The highest BCUT2D eigenvalue weighted by Crippen LogP contribution is 2.20. The van der Waals surface area contributed by atoms with Crippen LogP contribution in [0.4, 0.5) is 4.39 Å². The van der Waals surface area contributed by atoms with Gasteiger partial charge < -0.3 is 5.32 Å². The van der Waals surface area contributed by atoms with Gasteiger partial charge in [0, 0.05) is 18.2 Å². The molecule has 19 heavy (non-hydrogen) atoms. The molecule has 2 aromatic carbocycles. The van der Waals surface area contributed by atoms with Gasteiger partial charge >= 0.3 is 0 Å². The zero-order valence-electron chi connectivity index (χ0n) is 11.5. The second-order valence-electron chi connectivity index (χ2n) is 4.85. The maximum absolute atomic E-state index is 13.8. The van der Waals surface area contributed by atoms with Gasteiger partial charge in [0.25, 0.3) is 0 Å². The van der Waals surface area contributed by atoms with Crippen molar-refractivity contribution >= 4 is 0 Å². The second kappa shape index (κ2) is 6.48. The van der Waals surface area contributed by atoms with Crippen LogP contribution in [0, 0.1) is 12.7 Å². The van der Waals surface area contributed by atoms with Crippen LogP contribution in [0.5, 0.6) is 0 Å². The fourth-order valence-electron chi connectivity index (χ4n) is 2.18. The van der Waals surface area contributed by atoms with Crippen LogP contribution < -0.4 is 5.32 Å². The molecule has 0 bridgehead atoms. The van der Waals surface area contributed by atoms with Crippen molar-refractivity contribution < 1.29 is 4.39 Å². The average Bonchev–Trinajstić information content (AvgIpc) is 2.43. The van der Waals surface area contributed by atoms with Crippen LogP contribution in [-0.2, 0) is 6.54 Å². The van der Waals surface area contributed by atoms with Gasteiger partial charge in [0.05, 0.1) is 0 Å². The number of halogens is 1. The predicted molar refractivity (Wildman–Crippen MR) is 77.5 cm³/mol. The Balaban J connectivity index is 2.04. The van der Waals surface area contributed by atoms with Gasteiger partial charge in [0.15, 0.2) is 0 Å². The predicted octanol–water partition coefficient (Wildman–Crippen LogP) is 4.38. The van der Waals surface area contributed by atoms with E-state index in [0.29, 0.717) is 0 Å². The van der Waals surface area contributed by atoms with E-state index < -0.39 is 0 Å². The first-order chi connectivity index (χ1) is 9.20. The average molecular weight is 257 g/mol. The molecule has 0 fully saturated rings. The zero-order valence-corrected chi connectivity index (χ0v) is 11.5. The lowest BCUT2D eigenvalue weighted by atomic mass is 10.0. The van der Waals surface area contributed by atoms with Gasteiger partial charge in [0.2, 0.25) is 0 Å². The van der Waals surface area contributed by atoms with Crippen LogP contribution in [0.25, 0.3) is 0 Å². The molecule has 1 N–H and O–H groups in total. The van der Waals surface area contributed by atoms with Crippen LogP contribution in [0.15, 0.2) is 48.5 Å². The van der Waals surface area contributed by atoms with Crippen molar-refractivity contribution in [3.8, 4) is 0 Å². The molecule has 2 heteroatoms. The largest absolute Gasteiger partial charge is 0.306 e. The van der Waals surface area contributed by atoms with Crippen molar-refractivity contribution in [1.29, 1.82) is 0 Å². The standard InChI is InChI=1S/C17H20FN/c1-3-17(15-6-4-5-7-16(15)18)19-12-14-10-8-13(2)9-11-14/h4-11,17,19H,3,12H2,1-2H3. The molecule has 0 saturated heterocycles. The number of hydrogen-bond acceptors (Lipinski definition) is 1. The topological polar surface area (TPSA) is 12.0 Å². The first-order valence-electron chi connectivity index (χ1n) is 6.74. The Morgan fingerprint density at radius 1 is 1.05 bits per heavy atom. The Morgan fingerprint density at radius 2 is 1.74 bits per heavy atom. The highest BCUT2D eigenvalue weighted by Gasteiger charge is 2.12. The number of nitrogens with one attached hydrogen (secondary N) is 1. The van der Waals surface area contributed by atoms with E-state index in [-0.39, 0.29) is 11.9 Å². The molecule has 0 spiro atoms. The monoisotopic (exact) mass is 257 g/mol. The molecule has 2 rings (SSSR count). The number of rotatable bonds is 5. The molecule has 0 radical (unpaired) electrons. The summed E-state index contributed by atoms with van der Waals surface area (Å²) in [7, 11) is 0. The molecule has 0 aliphatic heterocycles. The van der Waals surface area contributed by atoms with Gasteiger partial charge in [-0.05, 0) is 25.0 Å². The van der Waals surface area contributed by atoms with Crippen LogP contribution >= 0.6 is 0 Å². The van der Waals surface area contributed by atoms with E-state index in [1.807, 2.05) is 12.1 Å². The highest BCUT2D eigenvalue weighted by atomic mass is 19.1. The second-order valence-corrected chi connectivity index (χ2v) is 4.85. The molecule has 0 amide bonds. The first kappa shape index (κ1) is 13.8. The minimum Gasteiger partial charge on any atom is -0.306 e. The molecular weight excluding hydrogens is 237 g/mol. The number of benzene rings is 2. The summed E-state index contributed by atoms with van der Waals surface area (Å²) in [6.07, 6.45) is 0.868. The van der Waals surface area contributed by atoms with Crippen molar-refractivity contribution in [1.82, 2.24) is 5.32 Å². The molecule has 100 valence electrons. The summed E-state index contributed by atoms with van der Waals surface area (Å²) >= 11 is 0. The van der Waals surface area contributed by atoms with E-state index in [0.717, 1.165) is 18.5 Å². The maximum Gasteiger partial charge on any atom is 0.127 e. The van der Waals surface area contributed by atoms with Crippen molar-refractivity contribution in [3.63, 3.8) is 0 Å². The molecule has 1 atom stereocenters. The molecule has 0 heterocycles. The third-order valence-corrected chi connectivity index (χ3v) is 3.36. The first-order valence-corrected chi connectivity index (χ1v) is 6.74. The summed E-state index contributed by atoms with van der Waals surface area (Å²) in [5, 5.41) is 3.42. The summed E-state index contributed by atoms with van der Waals surface area (Å²) in [5.41, 5.74) is 3.22. The molecule has 0 aliphatic carbocycles. The van der Waals surface area contributed by atoms with Gasteiger partial charge in [-0.2, -0.15) is 0 Å². The van der Waals surface area contributed by atoms with Crippen molar-refractivity contribution in [2.24, 2.45) is 0 Å². The van der Waals surface area contributed by atoms with Crippen molar-refractivity contribution in [3.05, 3.63) is 71.0 Å². The van der Waals surface area contributed by atoms with Crippen LogP contribution in [0.2, 0.25) is 0 Å². The van der Waals surface area contributed by atoms with Gasteiger partial charge in [-0.15, -0.1) is 0 Å². The maximum atomic E-state index is 13.8. The fraction of sp³-hybridized carbons (Fsp3) is 0.294. The van der Waals surface area contributed by atoms with Gasteiger partial charge in [0.1, 0.15) is 5.82 Å². The van der Waals surface area contributed by atoms with E-state index >= 15 is 0 Å². The van der Waals surface area contributed by atoms with Crippen LogP contribution in [-0.4, -0.2) is 0 Å². The SMILES string of the molecule is CCC(NCc1ccc(C)cc1)c1ccccc1F. The molecule has 1 nitrogen and oxygen atoms in total. The van der Waals surface area contributed by atoms with Crippen LogP contribution in [0.3, 0.4) is 0 Å². The molecule has 0 aliphatic rings. The fourth-order valence-corrected chi connectivity index (χ4v) is 2.18. The summed E-state index contributed by atoms with van der Waals surface area (Å²) in [5.74, 6) is -0.134. The molecule has 0 aromatic heterocycles. The summed E-state index contributed by atoms with van der Waals surface area (Å²) in [6, 6.07) is 15.5. The lowest BCUT2D eigenvalue weighted by Gasteiger charge is -2.18. The molecule has 2 aromatic rings. The highest BCUT2D eigenvalue weighted by molar-refractivity contribution is 5.23.